The summed E-state index contributed by atoms with van der Waals surface area (Å²) in [5, 5.41) is 4.24. The monoisotopic (exact) mass is 453 g/mol. The Hall–Kier alpha value is -2.64. The maximum Gasteiger partial charge on any atom is 0.261 e. The molecule has 0 spiro atoms. The van der Waals surface area contributed by atoms with E-state index >= 15 is 0 Å². The number of hydrogen-bond donors (Lipinski definition) is 3. The summed E-state index contributed by atoms with van der Waals surface area (Å²) in [5.41, 5.74) is 1.88. The molecule has 3 aromatic rings. The number of rotatable bonds is 8. The van der Waals surface area contributed by atoms with Crippen LogP contribution in [0.3, 0.4) is 0 Å². The molecular formula is C25H31N3O3S. The fourth-order valence-corrected chi connectivity index (χ4v) is 5.70. The van der Waals surface area contributed by atoms with Gasteiger partial charge in [0.05, 0.1) is 10.6 Å². The van der Waals surface area contributed by atoms with Crippen molar-refractivity contribution in [2.24, 2.45) is 5.92 Å². The second kappa shape index (κ2) is 9.88. The Labute approximate surface area is 189 Å². The summed E-state index contributed by atoms with van der Waals surface area (Å²) in [5.74, 6) is 0.794. The van der Waals surface area contributed by atoms with Crippen molar-refractivity contribution in [2.75, 3.05) is 4.72 Å². The highest BCUT2D eigenvalue weighted by molar-refractivity contribution is 7.92. The van der Waals surface area contributed by atoms with E-state index in [0.717, 1.165) is 17.9 Å². The Morgan fingerprint density at radius 1 is 1.03 bits per heavy atom. The van der Waals surface area contributed by atoms with Crippen molar-refractivity contribution in [1.82, 2.24) is 10.3 Å². The number of sulfonamides is 1. The van der Waals surface area contributed by atoms with Crippen molar-refractivity contribution < 1.29 is 8.42 Å². The Morgan fingerprint density at radius 3 is 2.62 bits per heavy atom. The van der Waals surface area contributed by atoms with Crippen LogP contribution < -0.4 is 15.6 Å². The molecule has 0 bridgehead atoms. The van der Waals surface area contributed by atoms with Crippen molar-refractivity contribution in [3.8, 4) is 0 Å². The van der Waals surface area contributed by atoms with E-state index in [1.54, 1.807) is 24.3 Å². The van der Waals surface area contributed by atoms with Crippen molar-refractivity contribution in [2.45, 2.75) is 62.9 Å². The van der Waals surface area contributed by atoms with Crippen molar-refractivity contribution in [3.63, 3.8) is 0 Å². The maximum absolute atomic E-state index is 13.1. The van der Waals surface area contributed by atoms with Crippen molar-refractivity contribution in [1.29, 1.82) is 0 Å². The Kier molecular flexibility index (Phi) is 6.96. The third-order valence-corrected chi connectivity index (χ3v) is 7.68. The maximum atomic E-state index is 13.1. The molecule has 1 fully saturated rings. The standard InChI is InChI=1S/C25H31N3O3S/c1-18(15-19-7-3-2-4-8-19)26-17-21-9-5-6-10-24(21)28-32(30,31)22-12-13-23-20(16-22)11-14-25(29)27-23/h5-6,9-14,16,18-19,26,28H,2-4,7-8,15,17H2,1H3,(H,27,29). The molecule has 4 rings (SSSR count). The number of H-pyrrole nitrogens is 1. The van der Waals surface area contributed by atoms with E-state index in [2.05, 4.69) is 21.9 Å². The van der Waals surface area contributed by atoms with Crippen molar-refractivity contribution >= 4 is 26.6 Å². The number of fused-ring (bicyclic) bond motifs is 1. The highest BCUT2D eigenvalue weighted by Gasteiger charge is 2.18. The van der Waals surface area contributed by atoms with Crippen LogP contribution in [-0.4, -0.2) is 19.4 Å². The van der Waals surface area contributed by atoms with Gasteiger partial charge in [0.2, 0.25) is 5.56 Å². The zero-order valence-electron chi connectivity index (χ0n) is 18.4. The van der Waals surface area contributed by atoms with Gasteiger partial charge in [-0.2, -0.15) is 0 Å². The van der Waals surface area contributed by atoms with Crippen molar-refractivity contribution in [3.05, 3.63) is 70.5 Å². The van der Waals surface area contributed by atoms with Crippen LogP contribution in [0.15, 0.2) is 64.3 Å². The molecule has 1 aromatic heterocycles. The molecule has 32 heavy (non-hydrogen) atoms. The molecule has 0 aliphatic heterocycles. The highest BCUT2D eigenvalue weighted by atomic mass is 32.2. The lowest BCUT2D eigenvalue weighted by Gasteiger charge is -2.25. The number of hydrogen-bond acceptors (Lipinski definition) is 4. The van der Waals surface area contributed by atoms with Gasteiger partial charge < -0.3 is 10.3 Å². The van der Waals surface area contributed by atoms with E-state index in [1.165, 1.54) is 44.2 Å². The highest BCUT2D eigenvalue weighted by Crippen LogP contribution is 2.28. The average Bonchev–Trinajstić information content (AvgIpc) is 2.78. The second-order valence-corrected chi connectivity index (χ2v) is 10.5. The summed E-state index contributed by atoms with van der Waals surface area (Å²) >= 11 is 0. The molecule has 1 unspecified atom stereocenters. The summed E-state index contributed by atoms with van der Waals surface area (Å²) < 4.78 is 28.9. The zero-order chi connectivity index (χ0) is 22.6. The summed E-state index contributed by atoms with van der Waals surface area (Å²) in [7, 11) is -3.77. The summed E-state index contributed by atoms with van der Waals surface area (Å²) in [6.07, 6.45) is 7.85. The van der Waals surface area contributed by atoms with Crippen LogP contribution in [0.25, 0.3) is 10.9 Å². The third kappa shape index (κ3) is 5.58. The molecule has 0 amide bonds. The van der Waals surface area contributed by atoms with Crippen LogP contribution in [0.4, 0.5) is 5.69 Å². The number of nitrogens with one attached hydrogen (secondary N) is 3. The first-order valence-electron chi connectivity index (χ1n) is 11.4. The van der Waals surface area contributed by atoms with E-state index in [9.17, 15) is 13.2 Å². The minimum absolute atomic E-state index is 0.158. The van der Waals surface area contributed by atoms with Gasteiger partial charge in [0.1, 0.15) is 0 Å². The van der Waals surface area contributed by atoms with Crippen LogP contribution >= 0.6 is 0 Å². The summed E-state index contributed by atoms with van der Waals surface area (Å²) in [4.78, 5) is 14.3. The predicted molar refractivity (Wildman–Crippen MR) is 129 cm³/mol. The lowest BCUT2D eigenvalue weighted by Crippen LogP contribution is -2.29. The molecular weight excluding hydrogens is 422 g/mol. The minimum Gasteiger partial charge on any atom is -0.322 e. The fraction of sp³-hybridized carbons (Fsp3) is 0.400. The Bertz CT molecular complexity index is 1230. The van der Waals surface area contributed by atoms with Crippen LogP contribution in [0.2, 0.25) is 0 Å². The van der Waals surface area contributed by atoms with Crippen LogP contribution in [0.1, 0.15) is 51.0 Å². The van der Waals surface area contributed by atoms with E-state index < -0.39 is 10.0 Å². The van der Waals surface area contributed by atoms with Gasteiger partial charge in [-0.25, -0.2) is 8.42 Å². The van der Waals surface area contributed by atoms with Gasteiger partial charge in [-0.05, 0) is 60.5 Å². The molecule has 170 valence electrons. The quantitative estimate of drug-likeness (QED) is 0.458. The fourth-order valence-electron chi connectivity index (χ4n) is 4.57. The van der Waals surface area contributed by atoms with Gasteiger partial charge in [0, 0.05) is 24.2 Å². The van der Waals surface area contributed by atoms with E-state index in [1.807, 2.05) is 18.2 Å². The molecule has 0 saturated heterocycles. The lowest BCUT2D eigenvalue weighted by atomic mass is 9.85. The van der Waals surface area contributed by atoms with E-state index in [0.29, 0.717) is 29.2 Å². The molecule has 0 radical (unpaired) electrons. The Balaban J connectivity index is 1.46. The molecule has 1 saturated carbocycles. The van der Waals surface area contributed by atoms with Gasteiger partial charge in [0.15, 0.2) is 0 Å². The lowest BCUT2D eigenvalue weighted by molar-refractivity contribution is 0.305. The minimum atomic E-state index is -3.77. The number of benzene rings is 2. The second-order valence-electron chi connectivity index (χ2n) is 8.86. The third-order valence-electron chi connectivity index (χ3n) is 6.32. The molecule has 1 atom stereocenters. The number of pyridine rings is 1. The smallest absolute Gasteiger partial charge is 0.261 e. The molecule has 1 heterocycles. The summed E-state index contributed by atoms with van der Waals surface area (Å²) in [6, 6.07) is 15.6. The van der Waals surface area contributed by atoms with Gasteiger partial charge in [-0.3, -0.25) is 9.52 Å². The zero-order valence-corrected chi connectivity index (χ0v) is 19.3. The topological polar surface area (TPSA) is 91.1 Å². The first-order chi connectivity index (χ1) is 15.4. The van der Waals surface area contributed by atoms with Gasteiger partial charge in [0.25, 0.3) is 10.0 Å². The molecule has 7 heteroatoms. The average molecular weight is 454 g/mol. The van der Waals surface area contributed by atoms with Gasteiger partial charge >= 0.3 is 0 Å². The molecule has 6 nitrogen and oxygen atoms in total. The molecule has 1 aliphatic carbocycles. The predicted octanol–water partition coefficient (Wildman–Crippen LogP) is 4.78. The molecule has 3 N–H and O–H groups in total. The molecule has 1 aliphatic rings. The van der Waals surface area contributed by atoms with Gasteiger partial charge in [-0.15, -0.1) is 0 Å². The largest absolute Gasteiger partial charge is 0.322 e. The molecule has 2 aromatic carbocycles. The van der Waals surface area contributed by atoms with Crippen LogP contribution in [0.5, 0.6) is 0 Å². The van der Waals surface area contributed by atoms with Crippen LogP contribution in [0, 0.1) is 5.92 Å². The Morgan fingerprint density at radius 2 is 1.81 bits per heavy atom. The van der Waals surface area contributed by atoms with E-state index in [-0.39, 0.29) is 10.5 Å². The summed E-state index contributed by atoms with van der Waals surface area (Å²) in [6.45, 7) is 2.81. The number of para-hydroxylation sites is 1. The first kappa shape index (κ1) is 22.6. The van der Waals surface area contributed by atoms with Crippen LogP contribution in [-0.2, 0) is 16.6 Å². The van der Waals surface area contributed by atoms with Gasteiger partial charge in [-0.1, -0.05) is 50.3 Å². The number of anilines is 1. The first-order valence-corrected chi connectivity index (χ1v) is 12.9. The van der Waals surface area contributed by atoms with E-state index in [4.69, 9.17) is 0 Å². The SMILES string of the molecule is CC(CC1CCCCC1)NCc1ccccc1NS(=O)(=O)c1ccc2[nH]c(=O)ccc2c1. The number of aromatic amines is 1. The number of aromatic nitrogens is 1. The normalized spacial score (nSPS) is 16.2.